The van der Waals surface area contributed by atoms with Crippen LogP contribution in [0.5, 0.6) is 0 Å². The molecule has 0 bridgehead atoms. The van der Waals surface area contributed by atoms with Crippen molar-refractivity contribution >= 4 is 5.91 Å². The topological polar surface area (TPSA) is 49.3 Å². The van der Waals surface area contributed by atoms with Gasteiger partial charge in [-0.3, -0.25) is 4.79 Å². The van der Waals surface area contributed by atoms with Crippen molar-refractivity contribution in [3.63, 3.8) is 0 Å². The van der Waals surface area contributed by atoms with Crippen molar-refractivity contribution in [2.75, 3.05) is 13.2 Å². The number of aliphatic hydroxyl groups is 1. The largest absolute Gasteiger partial charge is 0.396 e. The monoisotopic (exact) mass is 347 g/mol. The molecule has 1 aromatic rings. The molecule has 0 unspecified atom stereocenters. The zero-order valence-electron chi connectivity index (χ0n) is 13.2. The number of halogens is 4. The summed E-state index contributed by atoms with van der Waals surface area (Å²) in [6.45, 7) is -0.170. The van der Waals surface area contributed by atoms with Gasteiger partial charge in [0.1, 0.15) is 0 Å². The Morgan fingerprint density at radius 1 is 1.33 bits per heavy atom. The number of carbonyl (C=O) groups is 1. The maximum absolute atomic E-state index is 13.4. The summed E-state index contributed by atoms with van der Waals surface area (Å²) in [5.41, 5.74) is 0.492. The van der Waals surface area contributed by atoms with Crippen molar-refractivity contribution in [2.24, 2.45) is 11.8 Å². The average Bonchev–Trinajstić information content (AvgIpc) is 2.53. The number of aliphatic hydroxyl groups excluding tert-OH is 1. The van der Waals surface area contributed by atoms with E-state index in [1.54, 1.807) is 0 Å². The molecule has 24 heavy (non-hydrogen) atoms. The van der Waals surface area contributed by atoms with Gasteiger partial charge in [0, 0.05) is 37.8 Å². The van der Waals surface area contributed by atoms with Crippen LogP contribution in [-0.2, 0) is 11.2 Å². The molecule has 1 amide bonds. The molecule has 0 aromatic heterocycles. The van der Waals surface area contributed by atoms with Gasteiger partial charge in [0.25, 0.3) is 0 Å². The summed E-state index contributed by atoms with van der Waals surface area (Å²) in [4.78, 5) is 12.0. The van der Waals surface area contributed by atoms with Gasteiger partial charge in [-0.05, 0) is 37.0 Å². The fourth-order valence-electron chi connectivity index (χ4n) is 2.99. The Morgan fingerprint density at radius 3 is 2.71 bits per heavy atom. The Morgan fingerprint density at radius 2 is 2.08 bits per heavy atom. The number of alkyl halides is 2. The van der Waals surface area contributed by atoms with Crippen LogP contribution in [0, 0.1) is 23.5 Å². The fraction of sp³-hybridized carbons (Fsp3) is 0.588. The molecule has 2 N–H and O–H groups in total. The smallest absolute Gasteiger partial charge is 0.248 e. The zero-order chi connectivity index (χ0) is 17.7. The third-order valence-corrected chi connectivity index (χ3v) is 4.34. The Balaban J connectivity index is 1.86. The Kier molecular flexibility index (Phi) is 6.21. The lowest BCUT2D eigenvalue weighted by Gasteiger charge is -2.28. The molecule has 7 heteroatoms. The highest BCUT2D eigenvalue weighted by Gasteiger charge is 2.39. The van der Waals surface area contributed by atoms with Crippen molar-refractivity contribution < 1.29 is 27.5 Å². The lowest BCUT2D eigenvalue weighted by atomic mass is 9.86. The SMILES string of the molecule is O=C(NC[C@@H](CO)Cc1ccc(F)c(F)c1)[C@H]1CCCC(F)(F)C1. The van der Waals surface area contributed by atoms with Crippen LogP contribution in [0.4, 0.5) is 17.6 Å². The predicted molar refractivity (Wildman–Crippen MR) is 80.6 cm³/mol. The highest BCUT2D eigenvalue weighted by molar-refractivity contribution is 5.78. The highest BCUT2D eigenvalue weighted by atomic mass is 19.3. The van der Waals surface area contributed by atoms with Gasteiger partial charge < -0.3 is 10.4 Å². The van der Waals surface area contributed by atoms with Crippen molar-refractivity contribution in [3.05, 3.63) is 35.4 Å². The van der Waals surface area contributed by atoms with E-state index in [9.17, 15) is 27.5 Å². The fourth-order valence-corrected chi connectivity index (χ4v) is 2.99. The summed E-state index contributed by atoms with van der Waals surface area (Å²) in [6, 6.07) is 3.45. The number of hydrogen-bond donors (Lipinski definition) is 2. The lowest BCUT2D eigenvalue weighted by Crippen LogP contribution is -2.40. The van der Waals surface area contributed by atoms with Crippen LogP contribution < -0.4 is 5.32 Å². The van der Waals surface area contributed by atoms with Crippen molar-refractivity contribution in [3.8, 4) is 0 Å². The minimum atomic E-state index is -2.80. The maximum Gasteiger partial charge on any atom is 0.248 e. The van der Waals surface area contributed by atoms with E-state index in [4.69, 9.17) is 0 Å². The molecule has 0 heterocycles. The standard InChI is InChI=1S/C17H21F4NO2/c18-14-4-3-11(7-15(14)19)6-12(10-23)9-22-16(24)13-2-1-5-17(20,21)8-13/h3-4,7,12-13,23H,1-2,5-6,8-10H2,(H,22,24)/t12-,13-/m0/s1. The van der Waals surface area contributed by atoms with E-state index in [-0.39, 0.29) is 26.0 Å². The van der Waals surface area contributed by atoms with E-state index in [1.807, 2.05) is 0 Å². The quantitative estimate of drug-likeness (QED) is 0.777. The van der Waals surface area contributed by atoms with E-state index >= 15 is 0 Å². The number of rotatable bonds is 6. The normalized spacial score (nSPS) is 21.3. The molecule has 1 aromatic carbocycles. The Hall–Kier alpha value is -1.63. The molecule has 3 nitrogen and oxygen atoms in total. The predicted octanol–water partition coefficient (Wildman–Crippen LogP) is 3.06. The molecule has 2 atom stereocenters. The number of benzene rings is 1. The molecule has 134 valence electrons. The van der Waals surface area contributed by atoms with E-state index in [0.29, 0.717) is 18.4 Å². The molecule has 1 fully saturated rings. The molecule has 1 aliphatic carbocycles. The zero-order valence-corrected chi connectivity index (χ0v) is 13.2. The molecule has 2 rings (SSSR count). The van der Waals surface area contributed by atoms with Crippen LogP contribution in [0.15, 0.2) is 18.2 Å². The number of carbonyl (C=O) groups excluding carboxylic acids is 1. The second-order valence-electron chi connectivity index (χ2n) is 6.40. The second-order valence-corrected chi connectivity index (χ2v) is 6.40. The maximum atomic E-state index is 13.4. The Bertz CT molecular complexity index is 580. The summed E-state index contributed by atoms with van der Waals surface area (Å²) < 4.78 is 52.8. The summed E-state index contributed by atoms with van der Waals surface area (Å²) in [5, 5.41) is 12.0. The highest BCUT2D eigenvalue weighted by Crippen LogP contribution is 2.36. The van der Waals surface area contributed by atoms with Gasteiger partial charge in [-0.2, -0.15) is 0 Å². The molecule has 0 radical (unpaired) electrons. The minimum absolute atomic E-state index is 0.0937. The second kappa shape index (κ2) is 7.96. The summed E-state index contributed by atoms with van der Waals surface area (Å²) >= 11 is 0. The average molecular weight is 347 g/mol. The third kappa shape index (κ3) is 5.19. The lowest BCUT2D eigenvalue weighted by molar-refractivity contribution is -0.132. The van der Waals surface area contributed by atoms with Gasteiger partial charge in [-0.1, -0.05) is 6.07 Å². The Labute approximate surface area is 138 Å². The molecule has 0 saturated heterocycles. The number of hydrogen-bond acceptors (Lipinski definition) is 2. The van der Waals surface area contributed by atoms with E-state index in [1.165, 1.54) is 6.07 Å². The van der Waals surface area contributed by atoms with Crippen molar-refractivity contribution in [2.45, 2.75) is 38.0 Å². The van der Waals surface area contributed by atoms with Gasteiger partial charge in [-0.25, -0.2) is 17.6 Å². The van der Waals surface area contributed by atoms with Gasteiger partial charge in [0.05, 0.1) is 0 Å². The molecule has 1 aliphatic rings. The molecule has 0 aliphatic heterocycles. The first-order chi connectivity index (χ1) is 11.3. The minimum Gasteiger partial charge on any atom is -0.396 e. The van der Waals surface area contributed by atoms with Crippen molar-refractivity contribution in [1.82, 2.24) is 5.32 Å². The van der Waals surface area contributed by atoms with Gasteiger partial charge in [0.15, 0.2) is 11.6 Å². The first-order valence-corrected chi connectivity index (χ1v) is 8.01. The van der Waals surface area contributed by atoms with Crippen LogP contribution in [0.2, 0.25) is 0 Å². The summed E-state index contributed by atoms with van der Waals surface area (Å²) in [6.07, 6.45) is 0.338. The first kappa shape index (κ1) is 18.7. The van der Waals surface area contributed by atoms with Crippen LogP contribution in [-0.4, -0.2) is 30.1 Å². The first-order valence-electron chi connectivity index (χ1n) is 8.01. The summed E-state index contributed by atoms with van der Waals surface area (Å²) in [7, 11) is 0. The van der Waals surface area contributed by atoms with Crippen LogP contribution in [0.25, 0.3) is 0 Å². The molecule has 1 saturated carbocycles. The van der Waals surface area contributed by atoms with Gasteiger partial charge in [0.2, 0.25) is 11.8 Å². The van der Waals surface area contributed by atoms with E-state index in [0.717, 1.165) is 12.1 Å². The van der Waals surface area contributed by atoms with E-state index < -0.39 is 41.7 Å². The number of nitrogens with one attached hydrogen (secondary N) is 1. The van der Waals surface area contributed by atoms with Gasteiger partial charge >= 0.3 is 0 Å². The number of amides is 1. The van der Waals surface area contributed by atoms with Crippen molar-refractivity contribution in [1.29, 1.82) is 0 Å². The van der Waals surface area contributed by atoms with E-state index in [2.05, 4.69) is 5.32 Å². The molecule has 0 spiro atoms. The van der Waals surface area contributed by atoms with Crippen LogP contribution >= 0.6 is 0 Å². The summed E-state index contributed by atoms with van der Waals surface area (Å²) in [5.74, 6) is -6.30. The van der Waals surface area contributed by atoms with Gasteiger partial charge in [-0.15, -0.1) is 0 Å². The molecular weight excluding hydrogens is 326 g/mol. The van der Waals surface area contributed by atoms with Crippen LogP contribution in [0.3, 0.4) is 0 Å². The molecular formula is C17H21F4NO2. The van der Waals surface area contributed by atoms with Crippen LogP contribution in [0.1, 0.15) is 31.2 Å². The third-order valence-electron chi connectivity index (χ3n) is 4.34.